The van der Waals surface area contributed by atoms with E-state index in [-0.39, 0.29) is 35.5 Å². The van der Waals surface area contributed by atoms with E-state index in [2.05, 4.69) is 26.3 Å². The van der Waals surface area contributed by atoms with Crippen LogP contribution in [0.15, 0.2) is 34.7 Å². The number of hydrogen-bond acceptors (Lipinski definition) is 7. The maximum Gasteiger partial charge on any atom is 0.316 e. The summed E-state index contributed by atoms with van der Waals surface area (Å²) in [4.78, 5) is 16.3. The lowest BCUT2D eigenvalue weighted by Crippen LogP contribution is -2.30. The van der Waals surface area contributed by atoms with Gasteiger partial charge in [-0.15, -0.1) is 5.10 Å². The van der Waals surface area contributed by atoms with Crippen LogP contribution in [0, 0.1) is 17.5 Å². The summed E-state index contributed by atoms with van der Waals surface area (Å²) in [6.07, 6.45) is 0.624. The monoisotopic (exact) mass is 419 g/mol. The molecule has 0 saturated carbocycles. The Kier molecular flexibility index (Phi) is 5.27. The molecule has 1 amide bonds. The normalized spacial score (nSPS) is 15.9. The van der Waals surface area contributed by atoms with E-state index in [0.717, 1.165) is 11.6 Å². The predicted molar refractivity (Wildman–Crippen MR) is 100 cm³/mol. The van der Waals surface area contributed by atoms with Crippen molar-refractivity contribution in [1.82, 2.24) is 15.7 Å². The van der Waals surface area contributed by atoms with E-state index in [1.54, 1.807) is 6.07 Å². The minimum Gasteiger partial charge on any atom is -0.403 e. The maximum absolute atomic E-state index is 14.6. The van der Waals surface area contributed by atoms with Crippen molar-refractivity contribution in [1.29, 1.82) is 0 Å². The highest BCUT2D eigenvalue weighted by Gasteiger charge is 2.28. The van der Waals surface area contributed by atoms with Crippen LogP contribution in [-0.4, -0.2) is 28.8 Å². The molecule has 0 bridgehead atoms. The fraction of sp³-hybridized carbons (Fsp3) is 0.211. The first-order valence-electron chi connectivity index (χ1n) is 9.01. The number of benzene rings is 2. The summed E-state index contributed by atoms with van der Waals surface area (Å²) in [6.45, 7) is 1.91. The van der Waals surface area contributed by atoms with Crippen LogP contribution in [0.1, 0.15) is 12.5 Å². The summed E-state index contributed by atoms with van der Waals surface area (Å²) >= 11 is 0. The van der Waals surface area contributed by atoms with Crippen LogP contribution in [0.2, 0.25) is 0 Å². The van der Waals surface area contributed by atoms with E-state index >= 15 is 0 Å². The second kappa shape index (κ2) is 8.03. The fourth-order valence-electron chi connectivity index (χ4n) is 2.86. The highest BCUT2D eigenvalue weighted by Crippen LogP contribution is 2.34. The van der Waals surface area contributed by atoms with Crippen molar-refractivity contribution >= 4 is 23.3 Å². The molecule has 3 N–H and O–H groups in total. The number of nitrogens with zero attached hydrogens (tertiary/aromatic N) is 2. The third-order valence-electron chi connectivity index (χ3n) is 4.49. The molecule has 30 heavy (non-hydrogen) atoms. The molecule has 11 heteroatoms. The Hall–Kier alpha value is -3.60. The molecule has 1 aromatic heterocycles. The number of rotatable bonds is 6. The van der Waals surface area contributed by atoms with E-state index in [0.29, 0.717) is 6.42 Å². The molecule has 3 aromatic rings. The Morgan fingerprint density at radius 1 is 1.17 bits per heavy atom. The van der Waals surface area contributed by atoms with Crippen LogP contribution < -0.4 is 16.1 Å². The second-order valence-corrected chi connectivity index (χ2v) is 6.46. The highest BCUT2D eigenvalue weighted by atomic mass is 19.2. The van der Waals surface area contributed by atoms with Gasteiger partial charge in [-0.3, -0.25) is 9.63 Å². The first-order valence-corrected chi connectivity index (χ1v) is 9.01. The molecule has 1 saturated heterocycles. The Morgan fingerprint density at radius 3 is 2.70 bits per heavy atom. The summed E-state index contributed by atoms with van der Waals surface area (Å²) in [6, 6.07) is 5.66. The quantitative estimate of drug-likeness (QED) is 0.564. The van der Waals surface area contributed by atoms with Gasteiger partial charge < -0.3 is 15.1 Å². The molecule has 156 valence electrons. The number of carbonyl (C=O) groups excluding carboxylic acids is 1. The lowest BCUT2D eigenvalue weighted by atomic mass is 10.1. The molecular formula is C19H16F3N5O3. The number of aromatic nitrogens is 2. The zero-order chi connectivity index (χ0) is 21.3. The number of halogens is 3. The Bertz CT molecular complexity index is 1110. The third-order valence-corrected chi connectivity index (χ3v) is 4.49. The van der Waals surface area contributed by atoms with Gasteiger partial charge >= 0.3 is 6.01 Å². The van der Waals surface area contributed by atoms with E-state index in [4.69, 9.17) is 9.25 Å². The first-order chi connectivity index (χ1) is 14.5. The lowest BCUT2D eigenvalue weighted by Gasteiger charge is -2.13. The van der Waals surface area contributed by atoms with E-state index in [1.807, 2.05) is 6.92 Å². The standard InChI is InChI=1S/C19H16F3N5O3/c1-2-9-3-6-13(12(21)7-9)23-16-10(4-5-11(20)15(16)22)18-25-26-19(30-18)24-14-8-29-27-17(14)28/h3-7,14,23H,2,8H2,1H3,(H,24,26)(H,27,28). The minimum absolute atomic E-state index is 0.0144. The van der Waals surface area contributed by atoms with Crippen LogP contribution in [0.5, 0.6) is 0 Å². The minimum atomic E-state index is -1.23. The van der Waals surface area contributed by atoms with Crippen LogP contribution in [0.4, 0.5) is 30.6 Å². The van der Waals surface area contributed by atoms with Gasteiger partial charge in [0.1, 0.15) is 18.5 Å². The van der Waals surface area contributed by atoms with Gasteiger partial charge in [0.2, 0.25) is 0 Å². The summed E-state index contributed by atoms with van der Waals surface area (Å²) in [5.74, 6) is -3.57. The molecule has 0 radical (unpaired) electrons. The van der Waals surface area contributed by atoms with E-state index < -0.39 is 29.4 Å². The van der Waals surface area contributed by atoms with Crippen LogP contribution in [-0.2, 0) is 16.1 Å². The van der Waals surface area contributed by atoms with Crippen molar-refractivity contribution in [3.05, 3.63) is 53.3 Å². The van der Waals surface area contributed by atoms with E-state index in [1.165, 1.54) is 18.2 Å². The van der Waals surface area contributed by atoms with Crippen LogP contribution >= 0.6 is 0 Å². The van der Waals surface area contributed by atoms with Crippen molar-refractivity contribution in [2.24, 2.45) is 0 Å². The molecule has 1 fully saturated rings. The summed E-state index contributed by atoms with van der Waals surface area (Å²) in [5.41, 5.74) is 2.52. The molecule has 1 aliphatic rings. The molecule has 2 aromatic carbocycles. The first kappa shape index (κ1) is 19.7. The zero-order valence-electron chi connectivity index (χ0n) is 15.6. The molecule has 0 spiro atoms. The summed E-state index contributed by atoms with van der Waals surface area (Å²) in [7, 11) is 0. The van der Waals surface area contributed by atoms with E-state index in [9.17, 15) is 18.0 Å². The van der Waals surface area contributed by atoms with Gasteiger partial charge in [-0.25, -0.2) is 18.7 Å². The van der Waals surface area contributed by atoms with Crippen molar-refractivity contribution < 1.29 is 27.2 Å². The highest BCUT2D eigenvalue weighted by molar-refractivity contribution is 5.84. The Morgan fingerprint density at radius 2 is 2.00 bits per heavy atom. The van der Waals surface area contributed by atoms with Gasteiger partial charge in [0, 0.05) is 0 Å². The Balaban J connectivity index is 1.66. The van der Waals surface area contributed by atoms with Crippen molar-refractivity contribution in [2.45, 2.75) is 19.4 Å². The topological polar surface area (TPSA) is 101 Å². The number of carbonyl (C=O) groups is 1. The lowest BCUT2D eigenvalue weighted by molar-refractivity contribution is -0.124. The molecule has 1 atom stereocenters. The molecule has 1 unspecified atom stereocenters. The largest absolute Gasteiger partial charge is 0.403 e. The number of hydroxylamine groups is 1. The number of nitrogens with one attached hydrogen (secondary N) is 3. The summed E-state index contributed by atoms with van der Waals surface area (Å²) < 4.78 is 48.2. The number of hydrogen-bond donors (Lipinski definition) is 3. The van der Waals surface area contributed by atoms with Gasteiger partial charge in [-0.2, -0.15) is 0 Å². The second-order valence-electron chi connectivity index (χ2n) is 6.46. The smallest absolute Gasteiger partial charge is 0.316 e. The van der Waals surface area contributed by atoms with Gasteiger partial charge in [0.05, 0.1) is 16.9 Å². The average molecular weight is 419 g/mol. The zero-order valence-corrected chi connectivity index (χ0v) is 15.6. The third kappa shape index (κ3) is 3.79. The fourth-order valence-corrected chi connectivity index (χ4v) is 2.86. The molecular weight excluding hydrogens is 403 g/mol. The molecule has 1 aliphatic heterocycles. The number of amides is 1. The van der Waals surface area contributed by atoms with Crippen molar-refractivity contribution in [2.75, 3.05) is 17.2 Å². The molecule has 2 heterocycles. The summed E-state index contributed by atoms with van der Waals surface area (Å²) in [5, 5.41) is 12.8. The molecule has 4 rings (SSSR count). The van der Waals surface area contributed by atoms with Crippen molar-refractivity contribution in [3.8, 4) is 11.5 Å². The van der Waals surface area contributed by atoms with Gasteiger partial charge in [0.15, 0.2) is 11.6 Å². The molecule has 8 nitrogen and oxygen atoms in total. The maximum atomic E-state index is 14.6. The number of anilines is 3. The Labute approximate surface area is 168 Å². The van der Waals surface area contributed by atoms with Crippen molar-refractivity contribution in [3.63, 3.8) is 0 Å². The average Bonchev–Trinajstić information content (AvgIpc) is 3.36. The van der Waals surface area contributed by atoms with Gasteiger partial charge in [-0.05, 0) is 36.2 Å². The van der Waals surface area contributed by atoms with Crippen LogP contribution in [0.3, 0.4) is 0 Å². The SMILES string of the molecule is CCc1ccc(Nc2c(-c3nnc(NC4CONC4=O)o3)ccc(F)c2F)c(F)c1. The van der Waals surface area contributed by atoms with Gasteiger partial charge in [-0.1, -0.05) is 18.1 Å². The molecule has 0 aliphatic carbocycles. The van der Waals surface area contributed by atoms with Gasteiger partial charge in [0.25, 0.3) is 11.8 Å². The predicted octanol–water partition coefficient (Wildman–Crippen LogP) is 3.30. The van der Waals surface area contributed by atoms with Crippen LogP contribution in [0.25, 0.3) is 11.5 Å². The number of aryl methyl sites for hydroxylation is 1.